The molecule has 0 atom stereocenters. The van der Waals surface area contributed by atoms with Gasteiger partial charge in [0.15, 0.2) is 0 Å². The van der Waals surface area contributed by atoms with Gasteiger partial charge >= 0.3 is 0 Å². The van der Waals surface area contributed by atoms with Gasteiger partial charge in [0.05, 0.1) is 5.69 Å². The molecule has 1 radical (unpaired) electrons. The van der Waals surface area contributed by atoms with Crippen LogP contribution in [0.5, 0.6) is 0 Å². The van der Waals surface area contributed by atoms with Crippen LogP contribution in [0.3, 0.4) is 0 Å². The van der Waals surface area contributed by atoms with Crippen LogP contribution in [0.15, 0.2) is 36.7 Å². The molecule has 1 aromatic carbocycles. The zero-order valence-corrected chi connectivity index (χ0v) is 6.86. The van der Waals surface area contributed by atoms with E-state index >= 15 is 0 Å². The predicted molar refractivity (Wildman–Crippen MR) is 47.1 cm³/mol. The summed E-state index contributed by atoms with van der Waals surface area (Å²) in [7, 11) is 0. The van der Waals surface area contributed by atoms with E-state index in [2.05, 4.69) is 11.2 Å². The summed E-state index contributed by atoms with van der Waals surface area (Å²) in [6, 6.07) is 10.9. The fraction of sp³-hybridized carbons (Fsp3) is 0.100. The number of benzene rings is 1. The molecule has 2 heteroatoms. The van der Waals surface area contributed by atoms with Gasteiger partial charge in [-0.25, -0.2) is 4.68 Å². The highest BCUT2D eigenvalue weighted by molar-refractivity contribution is 5.33. The van der Waals surface area contributed by atoms with Crippen LogP contribution in [0.1, 0.15) is 5.56 Å². The first-order chi connectivity index (χ1) is 5.86. The summed E-state index contributed by atoms with van der Waals surface area (Å²) < 4.78 is 1.83. The van der Waals surface area contributed by atoms with Crippen LogP contribution in [0.25, 0.3) is 5.69 Å². The van der Waals surface area contributed by atoms with E-state index in [1.54, 1.807) is 6.20 Å². The van der Waals surface area contributed by atoms with Crippen molar-refractivity contribution in [2.24, 2.45) is 0 Å². The summed E-state index contributed by atoms with van der Waals surface area (Å²) >= 11 is 0. The van der Waals surface area contributed by atoms with Gasteiger partial charge in [0, 0.05) is 12.4 Å². The van der Waals surface area contributed by atoms with Crippen molar-refractivity contribution in [2.75, 3.05) is 0 Å². The van der Waals surface area contributed by atoms with Gasteiger partial charge in [-0.2, -0.15) is 5.10 Å². The molecule has 1 heterocycles. The van der Waals surface area contributed by atoms with Gasteiger partial charge in [-0.1, -0.05) is 6.07 Å². The molecule has 2 aromatic rings. The minimum absolute atomic E-state index is 1.08. The Morgan fingerprint density at radius 2 is 2.42 bits per heavy atom. The molecule has 0 N–H and O–H groups in total. The zero-order chi connectivity index (χ0) is 8.39. The van der Waals surface area contributed by atoms with Crippen LogP contribution in [0.2, 0.25) is 0 Å². The van der Waals surface area contributed by atoms with E-state index in [4.69, 9.17) is 0 Å². The second kappa shape index (κ2) is 2.81. The lowest BCUT2D eigenvalue weighted by molar-refractivity contribution is 0.879. The van der Waals surface area contributed by atoms with Gasteiger partial charge in [0.1, 0.15) is 0 Å². The number of aryl methyl sites for hydroxylation is 1. The molecular formula is C10H9N2. The largest absolute Gasteiger partial charge is 0.241 e. The predicted octanol–water partition coefficient (Wildman–Crippen LogP) is 1.98. The van der Waals surface area contributed by atoms with Crippen LogP contribution in [0, 0.1) is 13.0 Å². The molecule has 0 bridgehead atoms. The van der Waals surface area contributed by atoms with Crippen molar-refractivity contribution in [3.63, 3.8) is 0 Å². The average Bonchev–Trinajstić information content (AvgIpc) is 2.56. The van der Waals surface area contributed by atoms with Crippen molar-refractivity contribution in [2.45, 2.75) is 6.92 Å². The molecule has 0 amide bonds. The van der Waals surface area contributed by atoms with Gasteiger partial charge in [-0.15, -0.1) is 0 Å². The van der Waals surface area contributed by atoms with Crippen molar-refractivity contribution in [3.8, 4) is 5.69 Å². The maximum absolute atomic E-state index is 4.13. The minimum Gasteiger partial charge on any atom is -0.241 e. The van der Waals surface area contributed by atoms with Gasteiger partial charge in [-0.3, -0.25) is 0 Å². The fourth-order valence-corrected chi connectivity index (χ4v) is 1.13. The Kier molecular flexibility index (Phi) is 1.67. The normalized spacial score (nSPS) is 10.1. The molecular weight excluding hydrogens is 148 g/mol. The topological polar surface area (TPSA) is 17.8 Å². The molecule has 0 saturated carbocycles. The Morgan fingerprint density at radius 3 is 3.08 bits per heavy atom. The van der Waals surface area contributed by atoms with Crippen LogP contribution < -0.4 is 0 Å². The first-order valence-electron chi connectivity index (χ1n) is 3.84. The van der Waals surface area contributed by atoms with Crippen molar-refractivity contribution in [1.82, 2.24) is 9.78 Å². The van der Waals surface area contributed by atoms with Gasteiger partial charge in [0.2, 0.25) is 0 Å². The van der Waals surface area contributed by atoms with E-state index < -0.39 is 0 Å². The SMILES string of the molecule is Cc1[c]ccc(-n2cccn2)c1. The Morgan fingerprint density at radius 1 is 1.50 bits per heavy atom. The first-order valence-corrected chi connectivity index (χ1v) is 3.84. The number of nitrogens with zero attached hydrogens (tertiary/aromatic N) is 2. The van der Waals surface area contributed by atoms with Crippen LogP contribution in [-0.4, -0.2) is 9.78 Å². The molecule has 12 heavy (non-hydrogen) atoms. The first kappa shape index (κ1) is 7.10. The highest BCUT2D eigenvalue weighted by Crippen LogP contribution is 2.07. The molecule has 0 fully saturated rings. The maximum Gasteiger partial charge on any atom is 0.0648 e. The Balaban J connectivity index is 2.48. The lowest BCUT2D eigenvalue weighted by atomic mass is 10.2. The monoisotopic (exact) mass is 157 g/mol. The highest BCUT2D eigenvalue weighted by atomic mass is 15.3. The van der Waals surface area contributed by atoms with E-state index in [0.717, 1.165) is 11.3 Å². The smallest absolute Gasteiger partial charge is 0.0648 e. The molecule has 0 aliphatic heterocycles. The molecule has 2 rings (SSSR count). The zero-order valence-electron chi connectivity index (χ0n) is 6.86. The molecule has 2 nitrogen and oxygen atoms in total. The molecule has 0 unspecified atom stereocenters. The molecule has 0 spiro atoms. The van der Waals surface area contributed by atoms with Crippen LogP contribution >= 0.6 is 0 Å². The lowest BCUT2D eigenvalue weighted by Crippen LogP contribution is -1.93. The summed E-state index contributed by atoms with van der Waals surface area (Å²) in [5, 5.41) is 4.13. The Bertz CT molecular complexity index is 363. The fourth-order valence-electron chi connectivity index (χ4n) is 1.13. The van der Waals surface area contributed by atoms with E-state index in [0.29, 0.717) is 0 Å². The third-order valence-corrected chi connectivity index (χ3v) is 1.70. The number of hydrogen-bond donors (Lipinski definition) is 0. The summed E-state index contributed by atoms with van der Waals surface area (Å²) in [5.41, 5.74) is 2.21. The van der Waals surface area contributed by atoms with Gasteiger partial charge < -0.3 is 0 Å². The minimum atomic E-state index is 1.08. The molecule has 0 aliphatic carbocycles. The van der Waals surface area contributed by atoms with E-state index in [1.165, 1.54) is 0 Å². The van der Waals surface area contributed by atoms with Crippen molar-refractivity contribution >= 4 is 0 Å². The molecule has 1 aromatic heterocycles. The second-order valence-electron chi connectivity index (χ2n) is 2.68. The molecule has 0 aliphatic rings. The quantitative estimate of drug-likeness (QED) is 0.619. The third-order valence-electron chi connectivity index (χ3n) is 1.70. The van der Waals surface area contributed by atoms with E-state index in [-0.39, 0.29) is 0 Å². The average molecular weight is 157 g/mol. The standard InChI is InChI=1S/C10H9N2/c1-9-4-2-5-10(8-9)12-7-3-6-11-12/h2-3,5-8H,1H3. The second-order valence-corrected chi connectivity index (χ2v) is 2.68. The van der Waals surface area contributed by atoms with E-state index in [1.807, 2.05) is 42.1 Å². The van der Waals surface area contributed by atoms with Gasteiger partial charge in [0.25, 0.3) is 0 Å². The van der Waals surface area contributed by atoms with Crippen LogP contribution in [-0.2, 0) is 0 Å². The van der Waals surface area contributed by atoms with Crippen LogP contribution in [0.4, 0.5) is 0 Å². The summed E-state index contributed by atoms with van der Waals surface area (Å²) in [4.78, 5) is 0. The molecule has 59 valence electrons. The van der Waals surface area contributed by atoms with Gasteiger partial charge in [-0.05, 0) is 36.8 Å². The molecule has 0 saturated heterocycles. The maximum atomic E-state index is 4.13. The number of aromatic nitrogens is 2. The Labute approximate surface area is 71.5 Å². The number of rotatable bonds is 1. The summed E-state index contributed by atoms with van der Waals surface area (Å²) in [6.07, 6.45) is 3.70. The Hall–Kier alpha value is -1.57. The summed E-state index contributed by atoms with van der Waals surface area (Å²) in [6.45, 7) is 2.02. The third kappa shape index (κ3) is 1.23. The van der Waals surface area contributed by atoms with Crippen molar-refractivity contribution in [1.29, 1.82) is 0 Å². The summed E-state index contributed by atoms with van der Waals surface area (Å²) in [5.74, 6) is 0. The number of hydrogen-bond acceptors (Lipinski definition) is 1. The van der Waals surface area contributed by atoms with Crippen molar-refractivity contribution in [3.05, 3.63) is 48.3 Å². The van der Waals surface area contributed by atoms with E-state index in [9.17, 15) is 0 Å². The highest BCUT2D eigenvalue weighted by Gasteiger charge is 1.94. The lowest BCUT2D eigenvalue weighted by Gasteiger charge is -2.00. The van der Waals surface area contributed by atoms with Crippen molar-refractivity contribution < 1.29 is 0 Å².